The smallest absolute Gasteiger partial charge is 0.306 e. The van der Waals surface area contributed by atoms with E-state index in [0.29, 0.717) is 31.0 Å². The van der Waals surface area contributed by atoms with Crippen LogP contribution >= 0.6 is 0 Å². The van der Waals surface area contributed by atoms with Crippen LogP contribution in [-0.4, -0.2) is 18.9 Å². The molecule has 1 aliphatic rings. The number of Topliss-reactive ketones (excluding diaryl/α,β-unsaturated/α-hetero) is 1. The van der Waals surface area contributed by atoms with Gasteiger partial charge in [0.2, 0.25) is 0 Å². The molecule has 1 aliphatic carbocycles. The average molecular weight is 240 g/mol. The molecule has 0 N–H and O–H groups in total. The minimum absolute atomic E-state index is 0.233. The van der Waals surface area contributed by atoms with Crippen molar-refractivity contribution < 1.29 is 14.3 Å². The first kappa shape index (κ1) is 14.2. The van der Waals surface area contributed by atoms with E-state index in [1.807, 2.05) is 13.8 Å². The van der Waals surface area contributed by atoms with Gasteiger partial charge in [0.1, 0.15) is 5.78 Å². The van der Waals surface area contributed by atoms with Gasteiger partial charge in [0.15, 0.2) is 0 Å². The Morgan fingerprint density at radius 1 is 1.18 bits per heavy atom. The first-order valence-electron chi connectivity index (χ1n) is 6.51. The maximum absolute atomic E-state index is 11.9. The molecule has 98 valence electrons. The predicted molar refractivity (Wildman–Crippen MR) is 66.6 cm³/mol. The van der Waals surface area contributed by atoms with Gasteiger partial charge < -0.3 is 4.74 Å². The summed E-state index contributed by atoms with van der Waals surface area (Å²) in [5.41, 5.74) is -0.275. The van der Waals surface area contributed by atoms with Gasteiger partial charge in [-0.05, 0) is 11.3 Å². The zero-order chi connectivity index (χ0) is 12.9. The number of hydrogen-bond donors (Lipinski definition) is 0. The summed E-state index contributed by atoms with van der Waals surface area (Å²) < 4.78 is 4.65. The van der Waals surface area contributed by atoms with Crippen LogP contribution in [0.5, 0.6) is 0 Å². The topological polar surface area (TPSA) is 43.4 Å². The van der Waals surface area contributed by atoms with Crippen molar-refractivity contribution in [2.75, 3.05) is 7.11 Å². The highest BCUT2D eigenvalue weighted by molar-refractivity contribution is 5.80. The van der Waals surface area contributed by atoms with Crippen LogP contribution in [-0.2, 0) is 14.3 Å². The number of carbonyl (C=O) groups is 2. The van der Waals surface area contributed by atoms with E-state index in [2.05, 4.69) is 4.74 Å². The molecule has 3 heteroatoms. The Kier molecular flexibility index (Phi) is 5.16. The number of ether oxygens (including phenoxy) is 1. The quantitative estimate of drug-likeness (QED) is 0.670. The van der Waals surface area contributed by atoms with E-state index < -0.39 is 0 Å². The van der Waals surface area contributed by atoms with Crippen LogP contribution in [0.25, 0.3) is 0 Å². The molecule has 1 fully saturated rings. The highest BCUT2D eigenvalue weighted by Crippen LogP contribution is 2.31. The summed E-state index contributed by atoms with van der Waals surface area (Å²) in [6.45, 7) is 3.91. The van der Waals surface area contributed by atoms with Gasteiger partial charge in [-0.15, -0.1) is 0 Å². The van der Waals surface area contributed by atoms with Gasteiger partial charge in [-0.1, -0.05) is 39.5 Å². The highest BCUT2D eigenvalue weighted by Gasteiger charge is 2.27. The van der Waals surface area contributed by atoms with Gasteiger partial charge in [-0.2, -0.15) is 0 Å². The third-order valence-corrected chi connectivity index (χ3v) is 3.52. The fraction of sp³-hybridized carbons (Fsp3) is 0.857. The molecule has 0 aromatic heterocycles. The third kappa shape index (κ3) is 5.33. The van der Waals surface area contributed by atoms with Crippen molar-refractivity contribution in [3.05, 3.63) is 0 Å². The molecule has 0 heterocycles. The molecule has 0 aromatic rings. The van der Waals surface area contributed by atoms with Crippen molar-refractivity contribution in [3.63, 3.8) is 0 Å². The molecule has 1 saturated carbocycles. The van der Waals surface area contributed by atoms with Crippen LogP contribution < -0.4 is 0 Å². The lowest BCUT2D eigenvalue weighted by molar-refractivity contribution is -0.143. The van der Waals surface area contributed by atoms with E-state index >= 15 is 0 Å². The zero-order valence-electron chi connectivity index (χ0n) is 11.3. The normalized spacial score (nSPS) is 17.1. The summed E-state index contributed by atoms with van der Waals surface area (Å²) in [6, 6.07) is 0. The van der Waals surface area contributed by atoms with E-state index in [-0.39, 0.29) is 11.4 Å². The summed E-state index contributed by atoms with van der Waals surface area (Å²) in [5, 5.41) is 0. The monoisotopic (exact) mass is 240 g/mol. The van der Waals surface area contributed by atoms with Gasteiger partial charge in [-0.25, -0.2) is 0 Å². The van der Waals surface area contributed by atoms with Crippen molar-refractivity contribution in [3.8, 4) is 0 Å². The maximum atomic E-state index is 11.9. The van der Waals surface area contributed by atoms with Crippen LogP contribution in [0.2, 0.25) is 0 Å². The Morgan fingerprint density at radius 2 is 1.76 bits per heavy atom. The molecule has 0 bridgehead atoms. The van der Waals surface area contributed by atoms with Crippen molar-refractivity contribution >= 4 is 11.8 Å². The van der Waals surface area contributed by atoms with Crippen molar-refractivity contribution in [1.29, 1.82) is 0 Å². The van der Waals surface area contributed by atoms with Crippen LogP contribution in [0.3, 0.4) is 0 Å². The molecule has 0 aliphatic heterocycles. The second kappa shape index (κ2) is 6.18. The summed E-state index contributed by atoms with van der Waals surface area (Å²) >= 11 is 0. The Hall–Kier alpha value is -0.860. The molecule has 0 unspecified atom stereocenters. The lowest BCUT2D eigenvalue weighted by Crippen LogP contribution is -2.22. The lowest BCUT2D eigenvalue weighted by atomic mass is 9.82. The molecule has 0 radical (unpaired) electrons. The second-order valence-corrected chi connectivity index (χ2v) is 5.99. The molecule has 0 aromatic carbocycles. The van der Waals surface area contributed by atoms with E-state index in [1.165, 1.54) is 32.8 Å². The van der Waals surface area contributed by atoms with Crippen molar-refractivity contribution in [1.82, 2.24) is 0 Å². The number of carbonyl (C=O) groups excluding carboxylic acids is 2. The largest absolute Gasteiger partial charge is 0.469 e. The van der Waals surface area contributed by atoms with Gasteiger partial charge in [0.05, 0.1) is 13.5 Å². The molecule has 0 atom stereocenters. The Bertz CT molecular complexity index is 275. The summed E-state index contributed by atoms with van der Waals surface area (Å²) in [7, 11) is 1.39. The molecular formula is C14H24O3. The van der Waals surface area contributed by atoms with E-state index in [1.54, 1.807) is 0 Å². The van der Waals surface area contributed by atoms with Crippen LogP contribution in [0.15, 0.2) is 0 Å². The first-order chi connectivity index (χ1) is 7.93. The van der Waals surface area contributed by atoms with Crippen LogP contribution in [0, 0.1) is 11.3 Å². The third-order valence-electron chi connectivity index (χ3n) is 3.52. The predicted octanol–water partition coefficient (Wildman–Crippen LogP) is 3.12. The highest BCUT2D eigenvalue weighted by atomic mass is 16.5. The zero-order valence-corrected chi connectivity index (χ0v) is 11.3. The maximum Gasteiger partial charge on any atom is 0.306 e. The Morgan fingerprint density at radius 3 is 2.29 bits per heavy atom. The Balaban J connectivity index is 2.35. The summed E-state index contributed by atoms with van der Waals surface area (Å²) in [4.78, 5) is 23.2. The van der Waals surface area contributed by atoms with Gasteiger partial charge >= 0.3 is 5.97 Å². The van der Waals surface area contributed by atoms with E-state index in [0.717, 1.165) is 0 Å². The molecule has 1 rings (SSSR count). The van der Waals surface area contributed by atoms with Crippen LogP contribution in [0.4, 0.5) is 0 Å². The van der Waals surface area contributed by atoms with Crippen molar-refractivity contribution in [2.24, 2.45) is 11.3 Å². The van der Waals surface area contributed by atoms with Crippen molar-refractivity contribution in [2.45, 2.75) is 58.8 Å². The first-order valence-corrected chi connectivity index (χ1v) is 6.51. The summed E-state index contributed by atoms with van der Waals surface area (Å²) in [5.74, 6) is 0.658. The molecule has 3 nitrogen and oxygen atoms in total. The number of ketones is 1. The molecular weight excluding hydrogens is 216 g/mol. The number of rotatable bonds is 6. The van der Waals surface area contributed by atoms with E-state index in [4.69, 9.17) is 0 Å². The minimum Gasteiger partial charge on any atom is -0.469 e. The van der Waals surface area contributed by atoms with Gasteiger partial charge in [-0.3, -0.25) is 9.59 Å². The van der Waals surface area contributed by atoms with Crippen LogP contribution in [0.1, 0.15) is 58.8 Å². The van der Waals surface area contributed by atoms with E-state index in [9.17, 15) is 9.59 Å². The molecule has 0 saturated heterocycles. The lowest BCUT2D eigenvalue weighted by Gasteiger charge is -2.22. The standard InChI is InChI=1S/C14H24O3/c1-14(2,10-13(16)17-3)9-12(15)8-11-6-4-5-7-11/h11H,4-10H2,1-3H3. The number of hydrogen-bond acceptors (Lipinski definition) is 3. The molecule has 0 amide bonds. The fourth-order valence-electron chi connectivity index (χ4n) is 2.67. The Labute approximate surface area is 104 Å². The molecule has 0 spiro atoms. The summed E-state index contributed by atoms with van der Waals surface area (Å²) in [6.07, 6.45) is 6.43. The fourth-order valence-corrected chi connectivity index (χ4v) is 2.67. The average Bonchev–Trinajstić information content (AvgIpc) is 2.68. The second-order valence-electron chi connectivity index (χ2n) is 5.99. The van der Waals surface area contributed by atoms with Gasteiger partial charge in [0, 0.05) is 12.8 Å². The minimum atomic E-state index is -0.275. The van der Waals surface area contributed by atoms with Gasteiger partial charge in [0.25, 0.3) is 0 Å². The number of methoxy groups -OCH3 is 1. The SMILES string of the molecule is COC(=O)CC(C)(C)CC(=O)CC1CCCC1. The molecule has 17 heavy (non-hydrogen) atoms. The number of esters is 1.